The normalized spacial score (nSPS) is 11.6. The maximum Gasteiger partial charge on any atom is 0.416 e. The van der Waals surface area contributed by atoms with Crippen molar-refractivity contribution < 1.29 is 13.2 Å². The van der Waals surface area contributed by atoms with Crippen LogP contribution in [0.5, 0.6) is 0 Å². The minimum atomic E-state index is -4.45. The zero-order valence-electron chi connectivity index (χ0n) is 11.9. The van der Waals surface area contributed by atoms with Gasteiger partial charge >= 0.3 is 6.18 Å². The third-order valence-corrected chi connectivity index (χ3v) is 3.82. The van der Waals surface area contributed by atoms with Crippen molar-refractivity contribution in [2.75, 3.05) is 0 Å². The first-order chi connectivity index (χ1) is 11.4. The van der Waals surface area contributed by atoms with Crippen molar-refractivity contribution in [2.45, 2.75) is 17.1 Å². The van der Waals surface area contributed by atoms with E-state index in [0.29, 0.717) is 11.0 Å². The molecule has 0 spiro atoms. The molecule has 0 fully saturated rings. The minimum Gasteiger partial charge on any atom is -0.301 e. The van der Waals surface area contributed by atoms with Crippen molar-refractivity contribution in [2.24, 2.45) is 0 Å². The molecular formula is C13H9F3N6OS. The monoisotopic (exact) mass is 354 g/mol. The summed E-state index contributed by atoms with van der Waals surface area (Å²) in [5.41, 5.74) is -0.895. The Morgan fingerprint density at radius 2 is 2.08 bits per heavy atom. The fourth-order valence-electron chi connectivity index (χ4n) is 1.87. The van der Waals surface area contributed by atoms with E-state index in [1.807, 2.05) is 0 Å². The van der Waals surface area contributed by atoms with Gasteiger partial charge in [-0.2, -0.15) is 17.9 Å². The molecule has 1 N–H and O–H groups in total. The van der Waals surface area contributed by atoms with Gasteiger partial charge in [-0.05, 0) is 28.6 Å². The molecule has 11 heteroatoms. The first-order valence-electron chi connectivity index (χ1n) is 6.56. The fraction of sp³-hybridized carbons (Fsp3) is 0.154. The van der Waals surface area contributed by atoms with Crippen LogP contribution in [0.4, 0.5) is 13.2 Å². The van der Waals surface area contributed by atoms with E-state index in [0.717, 1.165) is 23.9 Å². The van der Waals surface area contributed by atoms with Crippen LogP contribution in [0.1, 0.15) is 11.4 Å². The van der Waals surface area contributed by atoms with Gasteiger partial charge in [-0.3, -0.25) is 4.79 Å². The van der Waals surface area contributed by atoms with Crippen molar-refractivity contribution in [3.05, 3.63) is 58.3 Å². The zero-order chi connectivity index (χ0) is 17.2. The second-order valence-corrected chi connectivity index (χ2v) is 5.55. The van der Waals surface area contributed by atoms with Crippen LogP contribution in [0.15, 0.2) is 46.5 Å². The third-order valence-electron chi connectivity index (χ3n) is 2.94. The van der Waals surface area contributed by atoms with Crippen molar-refractivity contribution in [1.82, 2.24) is 30.2 Å². The van der Waals surface area contributed by atoms with E-state index in [9.17, 15) is 18.0 Å². The Morgan fingerprint density at radius 1 is 1.25 bits per heavy atom. The SMILES string of the molecule is O=c1ccnc(SCc2nnnn2-c2cccc(C(F)(F)F)c2)[nH]1. The summed E-state index contributed by atoms with van der Waals surface area (Å²) in [4.78, 5) is 17.7. The smallest absolute Gasteiger partial charge is 0.301 e. The second kappa shape index (κ2) is 6.43. The molecule has 0 atom stereocenters. The van der Waals surface area contributed by atoms with E-state index in [1.54, 1.807) is 0 Å². The molecule has 0 aliphatic heterocycles. The van der Waals surface area contributed by atoms with Gasteiger partial charge in [0, 0.05) is 12.3 Å². The number of hydrogen-bond donors (Lipinski definition) is 1. The average Bonchev–Trinajstić information content (AvgIpc) is 3.01. The molecule has 3 aromatic rings. The molecule has 1 aromatic carbocycles. The van der Waals surface area contributed by atoms with Crippen LogP contribution in [-0.4, -0.2) is 30.2 Å². The molecule has 2 heterocycles. The number of thioether (sulfide) groups is 1. The molecule has 24 heavy (non-hydrogen) atoms. The van der Waals surface area contributed by atoms with Crippen LogP contribution < -0.4 is 5.56 Å². The van der Waals surface area contributed by atoms with Gasteiger partial charge in [0.15, 0.2) is 11.0 Å². The number of halogens is 3. The first-order valence-corrected chi connectivity index (χ1v) is 7.55. The lowest BCUT2D eigenvalue weighted by Gasteiger charge is -2.09. The van der Waals surface area contributed by atoms with Crippen LogP contribution in [0.25, 0.3) is 5.69 Å². The van der Waals surface area contributed by atoms with Gasteiger partial charge in [-0.15, -0.1) is 5.10 Å². The maximum atomic E-state index is 12.8. The number of tetrazole rings is 1. The minimum absolute atomic E-state index is 0.194. The molecule has 0 radical (unpaired) electrons. The number of H-pyrrole nitrogens is 1. The quantitative estimate of drug-likeness (QED) is 0.570. The number of nitrogens with one attached hydrogen (secondary N) is 1. The number of alkyl halides is 3. The van der Waals surface area contributed by atoms with E-state index in [1.165, 1.54) is 29.1 Å². The third kappa shape index (κ3) is 3.62. The molecule has 7 nitrogen and oxygen atoms in total. The Morgan fingerprint density at radius 3 is 2.83 bits per heavy atom. The van der Waals surface area contributed by atoms with E-state index in [-0.39, 0.29) is 17.0 Å². The molecular weight excluding hydrogens is 345 g/mol. The second-order valence-electron chi connectivity index (χ2n) is 4.58. The molecule has 0 aliphatic carbocycles. The molecule has 3 rings (SSSR count). The van der Waals surface area contributed by atoms with E-state index < -0.39 is 11.7 Å². The summed E-state index contributed by atoms with van der Waals surface area (Å²) in [6, 6.07) is 5.97. The van der Waals surface area contributed by atoms with Crippen LogP contribution in [0, 0.1) is 0 Å². The highest BCUT2D eigenvalue weighted by Crippen LogP contribution is 2.30. The van der Waals surface area contributed by atoms with E-state index >= 15 is 0 Å². The largest absolute Gasteiger partial charge is 0.416 e. The number of aromatic nitrogens is 6. The lowest BCUT2D eigenvalue weighted by Crippen LogP contribution is -2.08. The Bertz CT molecular complexity index is 907. The predicted octanol–water partition coefficient (Wildman–Crippen LogP) is 2.06. The summed E-state index contributed by atoms with van der Waals surface area (Å²) in [6.45, 7) is 0. The van der Waals surface area contributed by atoms with Crippen LogP contribution in [0.2, 0.25) is 0 Å². The van der Waals surface area contributed by atoms with Gasteiger partial charge in [0.1, 0.15) is 0 Å². The van der Waals surface area contributed by atoms with Crippen LogP contribution >= 0.6 is 11.8 Å². The number of nitrogens with zero attached hydrogens (tertiary/aromatic N) is 5. The Kier molecular flexibility index (Phi) is 4.34. The summed E-state index contributed by atoms with van der Waals surface area (Å²) in [7, 11) is 0. The fourth-order valence-corrected chi connectivity index (χ4v) is 2.62. The van der Waals surface area contributed by atoms with Crippen LogP contribution in [-0.2, 0) is 11.9 Å². The summed E-state index contributed by atoms with van der Waals surface area (Å²) < 4.78 is 39.6. The van der Waals surface area contributed by atoms with Gasteiger partial charge in [0.2, 0.25) is 0 Å². The number of rotatable bonds is 4. The van der Waals surface area contributed by atoms with Crippen LogP contribution in [0.3, 0.4) is 0 Å². The Balaban J connectivity index is 1.84. The molecule has 2 aromatic heterocycles. The van der Waals surface area contributed by atoms with Gasteiger partial charge in [0.25, 0.3) is 5.56 Å². The average molecular weight is 354 g/mol. The summed E-state index contributed by atoms with van der Waals surface area (Å²) in [5.74, 6) is 0.543. The highest BCUT2D eigenvalue weighted by Gasteiger charge is 2.30. The van der Waals surface area contributed by atoms with Crippen molar-refractivity contribution in [1.29, 1.82) is 0 Å². The molecule has 0 unspecified atom stereocenters. The summed E-state index contributed by atoms with van der Waals surface area (Å²) in [5, 5.41) is 11.4. The van der Waals surface area contributed by atoms with Crippen molar-refractivity contribution >= 4 is 11.8 Å². The zero-order valence-corrected chi connectivity index (χ0v) is 12.7. The van der Waals surface area contributed by atoms with Gasteiger partial charge in [-0.1, -0.05) is 17.8 Å². The lowest BCUT2D eigenvalue weighted by atomic mass is 10.2. The predicted molar refractivity (Wildman–Crippen MR) is 78.6 cm³/mol. The highest BCUT2D eigenvalue weighted by molar-refractivity contribution is 7.98. The van der Waals surface area contributed by atoms with Gasteiger partial charge in [0.05, 0.1) is 17.0 Å². The number of benzene rings is 1. The number of aromatic amines is 1. The van der Waals surface area contributed by atoms with Crippen molar-refractivity contribution in [3.8, 4) is 5.69 Å². The Hall–Kier alpha value is -2.69. The van der Waals surface area contributed by atoms with E-state index in [2.05, 4.69) is 25.5 Å². The van der Waals surface area contributed by atoms with Gasteiger partial charge in [-0.25, -0.2) is 4.98 Å². The maximum absolute atomic E-state index is 12.8. The molecule has 0 amide bonds. The standard InChI is InChI=1S/C13H9F3N6OS/c14-13(15,16)8-2-1-3-9(6-8)22-10(19-20-21-22)7-24-12-17-5-4-11(23)18-12/h1-6H,7H2,(H,17,18,23). The molecule has 0 aliphatic rings. The molecule has 0 saturated heterocycles. The Labute approximate surface area is 136 Å². The van der Waals surface area contributed by atoms with E-state index in [4.69, 9.17) is 0 Å². The molecule has 0 bridgehead atoms. The molecule has 0 saturated carbocycles. The summed E-state index contributed by atoms with van der Waals surface area (Å²) >= 11 is 1.16. The highest BCUT2D eigenvalue weighted by atomic mass is 32.2. The van der Waals surface area contributed by atoms with Crippen molar-refractivity contribution in [3.63, 3.8) is 0 Å². The first kappa shape index (κ1) is 16.2. The lowest BCUT2D eigenvalue weighted by molar-refractivity contribution is -0.137. The number of hydrogen-bond acceptors (Lipinski definition) is 6. The molecule has 124 valence electrons. The summed E-state index contributed by atoms with van der Waals surface area (Å²) in [6.07, 6.45) is -3.09. The topological polar surface area (TPSA) is 89.3 Å². The van der Waals surface area contributed by atoms with Gasteiger partial charge < -0.3 is 4.98 Å².